The first-order valence-electron chi connectivity index (χ1n) is 7.54. The van der Waals surface area contributed by atoms with Crippen LogP contribution in [-0.2, 0) is 11.3 Å². The van der Waals surface area contributed by atoms with Gasteiger partial charge in [-0.15, -0.1) is 0 Å². The topological polar surface area (TPSA) is 60.8 Å². The second kappa shape index (κ2) is 7.96. The van der Waals surface area contributed by atoms with Crippen LogP contribution in [0.1, 0.15) is 36.8 Å². The minimum Gasteiger partial charge on any atom is -0.478 e. The summed E-state index contributed by atoms with van der Waals surface area (Å²) in [6, 6.07) is 8.50. The monoisotopic (exact) mass is 289 g/mol. The second-order valence-corrected chi connectivity index (χ2v) is 5.50. The number of carboxylic acids is 1. The van der Waals surface area contributed by atoms with Crippen LogP contribution in [0, 0.1) is 0 Å². The number of carboxylic acid groups (broad SMARTS) is 1. The van der Waals surface area contributed by atoms with Crippen molar-refractivity contribution in [1.29, 1.82) is 0 Å². The molecule has 2 rings (SSSR count). The Morgan fingerprint density at radius 1 is 1.33 bits per heavy atom. The lowest BCUT2D eigenvalue weighted by molar-refractivity contribution is -0.131. The van der Waals surface area contributed by atoms with E-state index in [1.807, 2.05) is 24.3 Å². The van der Waals surface area contributed by atoms with Crippen LogP contribution < -0.4 is 0 Å². The van der Waals surface area contributed by atoms with Gasteiger partial charge in [0.25, 0.3) is 0 Å². The molecule has 21 heavy (non-hydrogen) atoms. The summed E-state index contributed by atoms with van der Waals surface area (Å²) in [7, 11) is 0. The number of aliphatic carboxylic acids is 1. The van der Waals surface area contributed by atoms with Crippen molar-refractivity contribution in [1.82, 2.24) is 4.90 Å². The first-order chi connectivity index (χ1) is 10.2. The molecule has 1 saturated carbocycles. The van der Waals surface area contributed by atoms with Crippen molar-refractivity contribution < 1.29 is 15.0 Å². The summed E-state index contributed by atoms with van der Waals surface area (Å²) in [5.74, 6) is -0.930. The average molecular weight is 289 g/mol. The Labute approximate surface area is 125 Å². The summed E-state index contributed by atoms with van der Waals surface area (Å²) in [5.41, 5.74) is 2.09. The molecule has 1 aromatic rings. The van der Waals surface area contributed by atoms with E-state index >= 15 is 0 Å². The summed E-state index contributed by atoms with van der Waals surface area (Å²) in [6.45, 7) is 1.91. The van der Waals surface area contributed by atoms with E-state index in [9.17, 15) is 4.79 Å². The fourth-order valence-corrected chi connectivity index (χ4v) is 2.64. The van der Waals surface area contributed by atoms with E-state index in [1.165, 1.54) is 25.3 Å². The van der Waals surface area contributed by atoms with E-state index in [4.69, 9.17) is 10.2 Å². The van der Waals surface area contributed by atoms with E-state index in [-0.39, 0.29) is 6.61 Å². The van der Waals surface area contributed by atoms with E-state index in [0.717, 1.165) is 30.6 Å². The summed E-state index contributed by atoms with van der Waals surface area (Å²) in [4.78, 5) is 13.1. The molecule has 0 aliphatic heterocycles. The van der Waals surface area contributed by atoms with Gasteiger partial charge in [-0.2, -0.15) is 0 Å². The maximum Gasteiger partial charge on any atom is 0.328 e. The lowest BCUT2D eigenvalue weighted by atomic mass is 9.90. The van der Waals surface area contributed by atoms with Gasteiger partial charge in [0.15, 0.2) is 0 Å². The molecule has 0 unspecified atom stereocenters. The van der Waals surface area contributed by atoms with Crippen molar-refractivity contribution >= 4 is 12.0 Å². The third-order valence-electron chi connectivity index (χ3n) is 4.03. The van der Waals surface area contributed by atoms with Gasteiger partial charge >= 0.3 is 5.97 Å². The van der Waals surface area contributed by atoms with Crippen molar-refractivity contribution in [2.24, 2.45) is 0 Å². The average Bonchev–Trinajstić information content (AvgIpc) is 2.41. The zero-order chi connectivity index (χ0) is 15.1. The van der Waals surface area contributed by atoms with E-state index in [1.54, 1.807) is 6.08 Å². The second-order valence-electron chi connectivity index (χ2n) is 5.50. The molecule has 0 atom stereocenters. The molecule has 2 N–H and O–H groups in total. The molecule has 1 aromatic carbocycles. The number of carbonyl (C=O) groups is 1. The number of hydrogen-bond acceptors (Lipinski definition) is 3. The number of hydrogen-bond donors (Lipinski definition) is 2. The summed E-state index contributed by atoms with van der Waals surface area (Å²) < 4.78 is 0. The van der Waals surface area contributed by atoms with Gasteiger partial charge in [-0.05, 0) is 36.5 Å². The van der Waals surface area contributed by atoms with Crippen LogP contribution in [0.15, 0.2) is 30.3 Å². The highest BCUT2D eigenvalue weighted by atomic mass is 16.4. The van der Waals surface area contributed by atoms with Crippen molar-refractivity contribution in [3.63, 3.8) is 0 Å². The van der Waals surface area contributed by atoms with Crippen LogP contribution in [0.5, 0.6) is 0 Å². The van der Waals surface area contributed by atoms with Gasteiger partial charge in [-0.25, -0.2) is 4.79 Å². The summed E-state index contributed by atoms with van der Waals surface area (Å²) in [6.07, 6.45) is 7.34. The zero-order valence-electron chi connectivity index (χ0n) is 12.2. The molecule has 1 aliphatic rings. The lowest BCUT2D eigenvalue weighted by Crippen LogP contribution is -2.40. The number of aliphatic hydroxyl groups is 1. The van der Waals surface area contributed by atoms with Gasteiger partial charge in [0.05, 0.1) is 0 Å². The first kappa shape index (κ1) is 15.7. The Morgan fingerprint density at radius 2 is 2.10 bits per heavy atom. The molecule has 0 radical (unpaired) electrons. The van der Waals surface area contributed by atoms with Crippen LogP contribution in [-0.4, -0.2) is 40.3 Å². The van der Waals surface area contributed by atoms with E-state index in [2.05, 4.69) is 4.90 Å². The highest BCUT2D eigenvalue weighted by molar-refractivity contribution is 5.85. The Balaban J connectivity index is 2.09. The minimum atomic E-state index is -0.930. The predicted molar refractivity (Wildman–Crippen MR) is 82.9 cm³/mol. The van der Waals surface area contributed by atoms with Gasteiger partial charge in [0, 0.05) is 31.8 Å². The molecule has 1 fully saturated rings. The fraction of sp³-hybridized carbons (Fsp3) is 0.471. The third-order valence-corrected chi connectivity index (χ3v) is 4.03. The Morgan fingerprint density at radius 3 is 2.71 bits per heavy atom. The first-order valence-corrected chi connectivity index (χ1v) is 7.54. The van der Waals surface area contributed by atoms with Gasteiger partial charge in [-0.1, -0.05) is 30.7 Å². The number of rotatable bonds is 8. The third kappa shape index (κ3) is 4.69. The lowest BCUT2D eigenvalue weighted by Gasteiger charge is -2.38. The Bertz CT molecular complexity index is 495. The van der Waals surface area contributed by atoms with Gasteiger partial charge < -0.3 is 10.2 Å². The molecule has 0 bridgehead atoms. The number of benzene rings is 1. The molecule has 0 saturated heterocycles. The van der Waals surface area contributed by atoms with Gasteiger partial charge in [0.2, 0.25) is 0 Å². The highest BCUT2D eigenvalue weighted by Crippen LogP contribution is 2.27. The van der Waals surface area contributed by atoms with Crippen LogP contribution >= 0.6 is 0 Å². The quantitative estimate of drug-likeness (QED) is 0.722. The van der Waals surface area contributed by atoms with Crippen molar-refractivity contribution in [3.8, 4) is 0 Å². The summed E-state index contributed by atoms with van der Waals surface area (Å²) in [5, 5.41) is 17.8. The Kier molecular flexibility index (Phi) is 5.96. The molecule has 114 valence electrons. The van der Waals surface area contributed by atoms with Crippen molar-refractivity contribution in [2.75, 3.05) is 13.2 Å². The summed E-state index contributed by atoms with van der Waals surface area (Å²) >= 11 is 0. The SMILES string of the molecule is O=C(O)/C=C/c1ccccc1CN(CCCO)C1CCC1. The molecule has 0 heterocycles. The van der Waals surface area contributed by atoms with E-state index < -0.39 is 5.97 Å². The van der Waals surface area contributed by atoms with Crippen molar-refractivity contribution in [3.05, 3.63) is 41.5 Å². The van der Waals surface area contributed by atoms with Crippen LogP contribution in [0.4, 0.5) is 0 Å². The molecule has 1 aliphatic carbocycles. The molecule has 4 nitrogen and oxygen atoms in total. The molecule has 0 aromatic heterocycles. The molecule has 4 heteroatoms. The molecular weight excluding hydrogens is 266 g/mol. The van der Waals surface area contributed by atoms with Gasteiger partial charge in [-0.3, -0.25) is 4.90 Å². The smallest absolute Gasteiger partial charge is 0.328 e. The largest absolute Gasteiger partial charge is 0.478 e. The number of aliphatic hydroxyl groups excluding tert-OH is 1. The van der Waals surface area contributed by atoms with Gasteiger partial charge in [0.1, 0.15) is 0 Å². The van der Waals surface area contributed by atoms with Crippen molar-refractivity contribution in [2.45, 2.75) is 38.3 Å². The molecule has 0 spiro atoms. The highest BCUT2D eigenvalue weighted by Gasteiger charge is 2.24. The molecule has 0 amide bonds. The Hall–Kier alpha value is -1.65. The minimum absolute atomic E-state index is 0.212. The van der Waals surface area contributed by atoms with Crippen LogP contribution in [0.25, 0.3) is 6.08 Å². The molecular formula is C17H23NO3. The zero-order valence-corrected chi connectivity index (χ0v) is 12.2. The van der Waals surface area contributed by atoms with Crippen LogP contribution in [0.2, 0.25) is 0 Å². The normalized spacial score (nSPS) is 15.5. The maximum atomic E-state index is 10.7. The van der Waals surface area contributed by atoms with Crippen LogP contribution in [0.3, 0.4) is 0 Å². The van der Waals surface area contributed by atoms with E-state index in [0.29, 0.717) is 6.04 Å². The maximum absolute atomic E-state index is 10.7. The predicted octanol–water partition coefficient (Wildman–Crippen LogP) is 2.52. The number of nitrogens with zero attached hydrogens (tertiary/aromatic N) is 1. The fourth-order valence-electron chi connectivity index (χ4n) is 2.64. The standard InChI is InChI=1S/C17H23NO3/c19-12-4-11-18(16-7-3-8-16)13-15-6-2-1-5-14(15)9-10-17(20)21/h1-2,5-6,9-10,16,19H,3-4,7-8,11-13H2,(H,20,21)/b10-9+.